The van der Waals surface area contributed by atoms with Crippen LogP contribution in [-0.4, -0.2) is 12.1 Å². The Bertz CT molecular complexity index is 397. The first-order valence-corrected chi connectivity index (χ1v) is 3.76. The predicted molar refractivity (Wildman–Crippen MR) is 45.9 cm³/mol. The molecule has 1 rings (SSSR count). The second-order valence-electron chi connectivity index (χ2n) is 2.48. The first-order valence-electron chi connectivity index (χ1n) is 3.76. The third-order valence-electron chi connectivity index (χ3n) is 1.52. The lowest BCUT2D eigenvalue weighted by Crippen LogP contribution is -1.99. The van der Waals surface area contributed by atoms with Crippen LogP contribution in [0.5, 0.6) is 0 Å². The minimum atomic E-state index is -0.939. The summed E-state index contributed by atoms with van der Waals surface area (Å²) in [7, 11) is 0. The Balaban J connectivity index is 3.01. The Labute approximate surface area is 78.9 Å². The standard InChI is InChI=1S/C10H6F2O2/c11-7-3-4-8(9(12)6-7)10(14)2-1-5-13/h1-6H/b2-1+. The molecule has 0 aliphatic heterocycles. The van der Waals surface area contributed by atoms with Crippen molar-refractivity contribution in [3.63, 3.8) is 0 Å². The zero-order valence-electron chi connectivity index (χ0n) is 7.04. The van der Waals surface area contributed by atoms with E-state index in [0.717, 1.165) is 24.3 Å². The van der Waals surface area contributed by atoms with Crippen LogP contribution in [0.2, 0.25) is 0 Å². The number of rotatable bonds is 3. The SMILES string of the molecule is O=C/C=C/C(=O)c1ccc(F)cc1F. The molecule has 0 aliphatic rings. The molecule has 0 saturated heterocycles. The molecule has 14 heavy (non-hydrogen) atoms. The molecule has 4 heteroatoms. The highest BCUT2D eigenvalue weighted by Gasteiger charge is 2.08. The van der Waals surface area contributed by atoms with E-state index < -0.39 is 17.4 Å². The van der Waals surface area contributed by atoms with Gasteiger partial charge in [0.05, 0.1) is 5.56 Å². The first kappa shape index (κ1) is 10.2. The Morgan fingerprint density at radius 2 is 2.00 bits per heavy atom. The number of ketones is 1. The minimum absolute atomic E-state index is 0.260. The maximum absolute atomic E-state index is 12.9. The van der Waals surface area contributed by atoms with Crippen molar-refractivity contribution in [2.24, 2.45) is 0 Å². The Kier molecular flexibility index (Phi) is 3.23. The van der Waals surface area contributed by atoms with Crippen molar-refractivity contribution in [2.45, 2.75) is 0 Å². The highest BCUT2D eigenvalue weighted by atomic mass is 19.1. The van der Waals surface area contributed by atoms with Crippen LogP contribution in [0.3, 0.4) is 0 Å². The van der Waals surface area contributed by atoms with Gasteiger partial charge in [-0.2, -0.15) is 0 Å². The predicted octanol–water partition coefficient (Wildman–Crippen LogP) is 1.90. The first-order chi connectivity index (χ1) is 6.65. The maximum atomic E-state index is 12.9. The molecule has 0 N–H and O–H groups in total. The molecule has 1 aromatic rings. The van der Waals surface area contributed by atoms with E-state index in [9.17, 15) is 18.4 Å². The van der Waals surface area contributed by atoms with Crippen LogP contribution in [0, 0.1) is 11.6 Å². The smallest absolute Gasteiger partial charge is 0.188 e. The summed E-state index contributed by atoms with van der Waals surface area (Å²) in [5, 5.41) is 0. The van der Waals surface area contributed by atoms with Crippen LogP contribution in [0.4, 0.5) is 8.78 Å². The van der Waals surface area contributed by atoms with Crippen LogP contribution in [0.1, 0.15) is 10.4 Å². The van der Waals surface area contributed by atoms with Gasteiger partial charge in [0, 0.05) is 6.07 Å². The van der Waals surface area contributed by atoms with Crippen molar-refractivity contribution in [2.75, 3.05) is 0 Å². The summed E-state index contributed by atoms with van der Waals surface area (Å²) >= 11 is 0. The highest BCUT2D eigenvalue weighted by Crippen LogP contribution is 2.10. The molecular weight excluding hydrogens is 190 g/mol. The molecule has 2 nitrogen and oxygen atoms in total. The van der Waals surface area contributed by atoms with Crippen molar-refractivity contribution >= 4 is 12.1 Å². The molecule has 0 heterocycles. The highest BCUT2D eigenvalue weighted by molar-refractivity contribution is 6.06. The lowest BCUT2D eigenvalue weighted by Gasteiger charge is -1.97. The van der Waals surface area contributed by atoms with E-state index in [1.54, 1.807) is 0 Å². The van der Waals surface area contributed by atoms with Gasteiger partial charge in [-0.05, 0) is 24.3 Å². The van der Waals surface area contributed by atoms with E-state index in [1.807, 2.05) is 0 Å². The van der Waals surface area contributed by atoms with Crippen molar-refractivity contribution in [3.05, 3.63) is 47.5 Å². The molecule has 0 atom stereocenters. The normalized spacial score (nSPS) is 10.4. The van der Waals surface area contributed by atoms with Crippen LogP contribution in [0.15, 0.2) is 30.4 Å². The largest absolute Gasteiger partial charge is 0.299 e. The number of aldehydes is 1. The molecule has 0 unspecified atom stereocenters. The fraction of sp³-hybridized carbons (Fsp3) is 0. The van der Waals surface area contributed by atoms with Gasteiger partial charge in [-0.15, -0.1) is 0 Å². The number of halogens is 2. The van der Waals surface area contributed by atoms with Crippen molar-refractivity contribution in [1.29, 1.82) is 0 Å². The monoisotopic (exact) mass is 196 g/mol. The summed E-state index contributed by atoms with van der Waals surface area (Å²) in [6.45, 7) is 0. The summed E-state index contributed by atoms with van der Waals surface area (Å²) in [5.74, 6) is -2.36. The van der Waals surface area contributed by atoms with Crippen LogP contribution in [0.25, 0.3) is 0 Å². The number of benzene rings is 1. The third-order valence-corrected chi connectivity index (χ3v) is 1.52. The van der Waals surface area contributed by atoms with Crippen LogP contribution in [-0.2, 0) is 4.79 Å². The number of hydrogen-bond acceptors (Lipinski definition) is 2. The Morgan fingerprint density at radius 3 is 2.57 bits per heavy atom. The molecule has 0 saturated carbocycles. The Morgan fingerprint density at radius 1 is 1.29 bits per heavy atom. The maximum Gasteiger partial charge on any atom is 0.188 e. The minimum Gasteiger partial charge on any atom is -0.299 e. The van der Waals surface area contributed by atoms with Gasteiger partial charge in [0.2, 0.25) is 0 Å². The van der Waals surface area contributed by atoms with E-state index in [1.165, 1.54) is 0 Å². The van der Waals surface area contributed by atoms with Crippen LogP contribution >= 0.6 is 0 Å². The van der Waals surface area contributed by atoms with Gasteiger partial charge in [-0.3, -0.25) is 9.59 Å². The quantitative estimate of drug-likeness (QED) is 0.420. The molecule has 72 valence electrons. The average Bonchev–Trinajstić information content (AvgIpc) is 2.14. The molecule has 0 fully saturated rings. The van der Waals surface area contributed by atoms with E-state index in [2.05, 4.69) is 0 Å². The lowest BCUT2D eigenvalue weighted by molar-refractivity contribution is -0.104. The van der Waals surface area contributed by atoms with E-state index in [4.69, 9.17) is 0 Å². The van der Waals surface area contributed by atoms with Crippen molar-refractivity contribution < 1.29 is 18.4 Å². The molecule has 0 radical (unpaired) electrons. The fourth-order valence-electron chi connectivity index (χ4n) is 0.906. The molecule has 0 bridgehead atoms. The van der Waals surface area contributed by atoms with Gasteiger partial charge in [-0.25, -0.2) is 8.78 Å². The second-order valence-corrected chi connectivity index (χ2v) is 2.48. The average molecular weight is 196 g/mol. The Hall–Kier alpha value is -1.84. The summed E-state index contributed by atoms with van der Waals surface area (Å²) in [6, 6.07) is 2.62. The van der Waals surface area contributed by atoms with E-state index in [-0.39, 0.29) is 5.56 Å². The van der Waals surface area contributed by atoms with Gasteiger partial charge in [0.15, 0.2) is 5.78 Å². The molecule has 1 aromatic carbocycles. The fourth-order valence-corrected chi connectivity index (χ4v) is 0.906. The zero-order valence-corrected chi connectivity index (χ0v) is 7.04. The number of hydrogen-bond donors (Lipinski definition) is 0. The summed E-state index contributed by atoms with van der Waals surface area (Å²) < 4.78 is 25.4. The number of carbonyl (C=O) groups is 2. The molecule has 0 spiro atoms. The summed E-state index contributed by atoms with van der Waals surface area (Å²) in [4.78, 5) is 21.0. The van der Waals surface area contributed by atoms with Gasteiger partial charge in [-0.1, -0.05) is 0 Å². The number of carbonyl (C=O) groups excluding carboxylic acids is 2. The van der Waals surface area contributed by atoms with Gasteiger partial charge >= 0.3 is 0 Å². The van der Waals surface area contributed by atoms with Crippen molar-refractivity contribution in [1.82, 2.24) is 0 Å². The molecule has 0 aliphatic carbocycles. The molecule has 0 aromatic heterocycles. The molecule has 0 amide bonds. The summed E-state index contributed by atoms with van der Waals surface area (Å²) in [5.41, 5.74) is -0.260. The van der Waals surface area contributed by atoms with Gasteiger partial charge in [0.25, 0.3) is 0 Å². The van der Waals surface area contributed by atoms with E-state index in [0.29, 0.717) is 12.4 Å². The zero-order chi connectivity index (χ0) is 10.6. The molecular formula is C10H6F2O2. The summed E-state index contributed by atoms with van der Waals surface area (Å²) in [6.07, 6.45) is 2.27. The van der Waals surface area contributed by atoms with E-state index >= 15 is 0 Å². The van der Waals surface area contributed by atoms with Crippen LogP contribution < -0.4 is 0 Å². The van der Waals surface area contributed by atoms with Gasteiger partial charge in [0.1, 0.15) is 17.9 Å². The van der Waals surface area contributed by atoms with Gasteiger partial charge < -0.3 is 0 Å². The third kappa shape index (κ3) is 2.32. The second kappa shape index (κ2) is 4.41. The lowest BCUT2D eigenvalue weighted by atomic mass is 10.1. The van der Waals surface area contributed by atoms with Crippen molar-refractivity contribution in [3.8, 4) is 0 Å². The number of allylic oxidation sites excluding steroid dienone is 2. The topological polar surface area (TPSA) is 34.1 Å².